The number of fused-ring (bicyclic) bond motifs is 1. The third-order valence-corrected chi connectivity index (χ3v) is 3.63. The lowest BCUT2D eigenvalue weighted by atomic mass is 9.92. The first-order valence-electron chi connectivity index (χ1n) is 6.07. The van der Waals surface area contributed by atoms with Gasteiger partial charge in [-0.15, -0.1) is 0 Å². The highest BCUT2D eigenvalue weighted by molar-refractivity contribution is 5.51. The van der Waals surface area contributed by atoms with E-state index in [1.165, 1.54) is 35.1 Å². The lowest BCUT2D eigenvalue weighted by Gasteiger charge is -2.20. The molecule has 1 unspecified atom stereocenters. The van der Waals surface area contributed by atoms with Gasteiger partial charge in [0.05, 0.1) is 7.11 Å². The van der Waals surface area contributed by atoms with Crippen LogP contribution in [-0.2, 0) is 6.42 Å². The minimum absolute atomic E-state index is 0.187. The van der Waals surface area contributed by atoms with E-state index in [9.17, 15) is 0 Å². The normalized spacial score (nSPS) is 20.1. The summed E-state index contributed by atoms with van der Waals surface area (Å²) >= 11 is 0. The Morgan fingerprint density at radius 1 is 1.31 bits per heavy atom. The molecule has 0 aromatic heterocycles. The van der Waals surface area contributed by atoms with E-state index in [4.69, 9.17) is 10.5 Å². The van der Waals surface area contributed by atoms with Crippen LogP contribution in [0.3, 0.4) is 0 Å². The fourth-order valence-electron chi connectivity index (χ4n) is 2.92. The van der Waals surface area contributed by atoms with Crippen LogP contribution in [-0.4, -0.2) is 7.11 Å². The van der Waals surface area contributed by atoms with E-state index in [0.29, 0.717) is 0 Å². The summed E-state index contributed by atoms with van der Waals surface area (Å²) in [6, 6.07) is 2.44. The number of hydrogen-bond donors (Lipinski definition) is 1. The molecule has 1 aromatic rings. The molecule has 0 saturated heterocycles. The molecule has 2 nitrogen and oxygen atoms in total. The van der Waals surface area contributed by atoms with Crippen molar-refractivity contribution in [3.05, 3.63) is 28.3 Å². The van der Waals surface area contributed by atoms with Crippen LogP contribution in [0.25, 0.3) is 0 Å². The van der Waals surface area contributed by atoms with Crippen LogP contribution in [0.15, 0.2) is 6.07 Å². The summed E-state index contributed by atoms with van der Waals surface area (Å²) in [5.74, 6) is 1.01. The van der Waals surface area contributed by atoms with Crippen molar-refractivity contribution in [1.82, 2.24) is 0 Å². The molecule has 0 aliphatic heterocycles. The molecule has 2 heteroatoms. The standard InChI is InChI=1S/C14H21NO/c1-9-8-11-6-4-5-7-12(15)13(11)10(2)14(9)16-3/h8,12H,4-7,15H2,1-3H3. The van der Waals surface area contributed by atoms with Crippen molar-refractivity contribution >= 4 is 0 Å². The van der Waals surface area contributed by atoms with Gasteiger partial charge in [-0.1, -0.05) is 12.5 Å². The summed E-state index contributed by atoms with van der Waals surface area (Å²) in [5.41, 5.74) is 11.5. The Morgan fingerprint density at radius 2 is 2.06 bits per heavy atom. The van der Waals surface area contributed by atoms with E-state index in [-0.39, 0.29) is 6.04 Å². The maximum atomic E-state index is 6.27. The molecule has 0 fully saturated rings. The lowest BCUT2D eigenvalue weighted by Crippen LogP contribution is -2.13. The number of benzene rings is 1. The maximum absolute atomic E-state index is 6.27. The van der Waals surface area contributed by atoms with Gasteiger partial charge in [0.15, 0.2) is 0 Å². The molecule has 0 heterocycles. The average molecular weight is 219 g/mol. The monoisotopic (exact) mass is 219 g/mol. The first-order valence-corrected chi connectivity index (χ1v) is 6.07. The van der Waals surface area contributed by atoms with E-state index in [1.807, 2.05) is 0 Å². The molecule has 88 valence electrons. The number of methoxy groups -OCH3 is 1. The third-order valence-electron chi connectivity index (χ3n) is 3.63. The minimum atomic E-state index is 0.187. The molecule has 1 aliphatic rings. The quantitative estimate of drug-likeness (QED) is 0.737. The van der Waals surface area contributed by atoms with E-state index >= 15 is 0 Å². The highest BCUT2D eigenvalue weighted by atomic mass is 16.5. The second-order valence-corrected chi connectivity index (χ2v) is 4.78. The van der Waals surface area contributed by atoms with Crippen LogP contribution in [0.5, 0.6) is 5.75 Å². The molecular weight excluding hydrogens is 198 g/mol. The van der Waals surface area contributed by atoms with Crippen molar-refractivity contribution in [3.8, 4) is 5.75 Å². The molecule has 16 heavy (non-hydrogen) atoms. The van der Waals surface area contributed by atoms with Crippen molar-refractivity contribution in [2.24, 2.45) is 5.73 Å². The van der Waals surface area contributed by atoms with Crippen molar-refractivity contribution in [2.75, 3.05) is 7.11 Å². The van der Waals surface area contributed by atoms with Gasteiger partial charge in [-0.3, -0.25) is 0 Å². The van der Waals surface area contributed by atoms with Gasteiger partial charge < -0.3 is 10.5 Å². The largest absolute Gasteiger partial charge is 0.496 e. The van der Waals surface area contributed by atoms with Gasteiger partial charge in [0.25, 0.3) is 0 Å². The molecule has 1 atom stereocenters. The number of aryl methyl sites for hydroxylation is 2. The maximum Gasteiger partial charge on any atom is 0.125 e. The first kappa shape index (κ1) is 11.5. The predicted molar refractivity (Wildman–Crippen MR) is 67.0 cm³/mol. The van der Waals surface area contributed by atoms with Crippen LogP contribution in [0.4, 0.5) is 0 Å². The van der Waals surface area contributed by atoms with E-state index in [1.54, 1.807) is 7.11 Å². The van der Waals surface area contributed by atoms with Crippen molar-refractivity contribution in [1.29, 1.82) is 0 Å². The van der Waals surface area contributed by atoms with Gasteiger partial charge in [0, 0.05) is 6.04 Å². The zero-order valence-corrected chi connectivity index (χ0v) is 10.5. The smallest absolute Gasteiger partial charge is 0.125 e. The molecule has 0 bridgehead atoms. The fraction of sp³-hybridized carbons (Fsp3) is 0.571. The summed E-state index contributed by atoms with van der Waals surface area (Å²) in [6.07, 6.45) is 4.75. The Balaban J connectivity index is 2.60. The highest BCUT2D eigenvalue weighted by Gasteiger charge is 2.20. The van der Waals surface area contributed by atoms with Gasteiger partial charge in [-0.05, 0) is 55.4 Å². The number of rotatable bonds is 1. The van der Waals surface area contributed by atoms with Gasteiger partial charge in [-0.25, -0.2) is 0 Å². The molecule has 0 radical (unpaired) electrons. The van der Waals surface area contributed by atoms with Gasteiger partial charge in [-0.2, -0.15) is 0 Å². The Hall–Kier alpha value is -1.02. The van der Waals surface area contributed by atoms with E-state index in [0.717, 1.165) is 18.6 Å². The highest BCUT2D eigenvalue weighted by Crippen LogP contribution is 2.36. The average Bonchev–Trinajstić information content (AvgIpc) is 2.41. The number of hydrogen-bond acceptors (Lipinski definition) is 2. The van der Waals surface area contributed by atoms with Gasteiger partial charge in [0.2, 0.25) is 0 Å². The molecule has 0 spiro atoms. The Labute approximate surface area is 97.8 Å². The fourth-order valence-corrected chi connectivity index (χ4v) is 2.92. The van der Waals surface area contributed by atoms with Gasteiger partial charge >= 0.3 is 0 Å². The summed E-state index contributed by atoms with van der Waals surface area (Å²) in [5, 5.41) is 0. The van der Waals surface area contributed by atoms with E-state index in [2.05, 4.69) is 19.9 Å². The van der Waals surface area contributed by atoms with Crippen molar-refractivity contribution < 1.29 is 4.74 Å². The number of nitrogens with two attached hydrogens (primary N) is 1. The summed E-state index contributed by atoms with van der Waals surface area (Å²) in [7, 11) is 1.74. The molecule has 1 aliphatic carbocycles. The molecule has 1 aromatic carbocycles. The second-order valence-electron chi connectivity index (χ2n) is 4.78. The Kier molecular flexibility index (Phi) is 3.20. The van der Waals surface area contributed by atoms with Crippen molar-refractivity contribution in [3.63, 3.8) is 0 Å². The van der Waals surface area contributed by atoms with Gasteiger partial charge in [0.1, 0.15) is 5.75 Å². The summed E-state index contributed by atoms with van der Waals surface area (Å²) in [4.78, 5) is 0. The zero-order valence-electron chi connectivity index (χ0n) is 10.5. The zero-order chi connectivity index (χ0) is 11.7. The minimum Gasteiger partial charge on any atom is -0.496 e. The molecule has 2 rings (SSSR count). The molecular formula is C14H21NO. The Bertz CT molecular complexity index is 398. The molecule has 0 saturated carbocycles. The summed E-state index contributed by atoms with van der Waals surface area (Å²) in [6.45, 7) is 4.25. The Morgan fingerprint density at radius 3 is 2.75 bits per heavy atom. The first-order chi connectivity index (χ1) is 7.65. The molecule has 2 N–H and O–H groups in total. The second kappa shape index (κ2) is 4.46. The number of ether oxygens (including phenoxy) is 1. The van der Waals surface area contributed by atoms with Crippen LogP contribution < -0.4 is 10.5 Å². The van der Waals surface area contributed by atoms with Crippen LogP contribution in [0.1, 0.15) is 47.6 Å². The lowest BCUT2D eigenvalue weighted by molar-refractivity contribution is 0.407. The molecule has 0 amide bonds. The summed E-state index contributed by atoms with van der Waals surface area (Å²) < 4.78 is 5.48. The third kappa shape index (κ3) is 1.82. The topological polar surface area (TPSA) is 35.2 Å². The van der Waals surface area contributed by atoms with Crippen LogP contribution >= 0.6 is 0 Å². The SMILES string of the molecule is COc1c(C)cc2c(c1C)C(N)CCCC2. The van der Waals surface area contributed by atoms with Crippen LogP contribution in [0.2, 0.25) is 0 Å². The predicted octanol–water partition coefficient (Wildman–Crippen LogP) is 3.04. The van der Waals surface area contributed by atoms with Crippen LogP contribution in [0, 0.1) is 13.8 Å². The van der Waals surface area contributed by atoms with Crippen molar-refractivity contribution in [2.45, 2.75) is 45.6 Å². The van der Waals surface area contributed by atoms with E-state index < -0.39 is 0 Å².